The molecule has 0 fully saturated rings. The van der Waals surface area contributed by atoms with E-state index in [1.54, 1.807) is 12.1 Å². The van der Waals surface area contributed by atoms with Crippen molar-refractivity contribution in [3.8, 4) is 0 Å². The Morgan fingerprint density at radius 3 is 2.59 bits per heavy atom. The molecule has 0 aliphatic carbocycles. The molecule has 114 valence electrons. The van der Waals surface area contributed by atoms with Gasteiger partial charge in [0.15, 0.2) is 0 Å². The van der Waals surface area contributed by atoms with Crippen LogP contribution in [0.4, 0.5) is 13.2 Å². The summed E-state index contributed by atoms with van der Waals surface area (Å²) in [5, 5.41) is 0. The highest BCUT2D eigenvalue weighted by molar-refractivity contribution is 5.78. The minimum Gasteiger partial charge on any atom is -0.306 e. The van der Waals surface area contributed by atoms with Crippen molar-refractivity contribution in [1.82, 2.24) is 9.55 Å². The van der Waals surface area contributed by atoms with E-state index in [0.717, 1.165) is 17.7 Å². The minimum absolute atomic E-state index is 0.0909. The number of aromatic amines is 1. The Morgan fingerprint density at radius 1 is 1.14 bits per heavy atom. The van der Waals surface area contributed by atoms with Crippen molar-refractivity contribution in [2.24, 2.45) is 0 Å². The number of nitrogens with zero attached hydrogens (tertiary/aromatic N) is 1. The Hall–Kier alpha value is -2.50. The average molecular weight is 306 g/mol. The number of halogens is 3. The van der Waals surface area contributed by atoms with Crippen LogP contribution >= 0.6 is 0 Å². The van der Waals surface area contributed by atoms with Gasteiger partial charge in [-0.25, -0.2) is 4.79 Å². The van der Waals surface area contributed by atoms with Crippen molar-refractivity contribution in [2.75, 3.05) is 0 Å². The Labute approximate surface area is 124 Å². The number of para-hydroxylation sites is 1. The van der Waals surface area contributed by atoms with E-state index in [0.29, 0.717) is 16.6 Å². The van der Waals surface area contributed by atoms with Crippen molar-refractivity contribution in [1.29, 1.82) is 0 Å². The van der Waals surface area contributed by atoms with Crippen LogP contribution in [-0.4, -0.2) is 9.55 Å². The fraction of sp³-hybridized carbons (Fsp3) is 0.188. The number of imidazole rings is 1. The van der Waals surface area contributed by atoms with Crippen LogP contribution in [0.3, 0.4) is 0 Å². The smallest absolute Gasteiger partial charge is 0.306 e. The molecule has 1 heterocycles. The maximum atomic E-state index is 12.8. The molecular formula is C16H13F3N2O. The fourth-order valence-corrected chi connectivity index (χ4v) is 2.58. The van der Waals surface area contributed by atoms with Gasteiger partial charge in [-0.15, -0.1) is 0 Å². The van der Waals surface area contributed by atoms with Crippen LogP contribution in [0.25, 0.3) is 11.0 Å². The third-order valence-corrected chi connectivity index (χ3v) is 3.59. The van der Waals surface area contributed by atoms with Crippen molar-refractivity contribution >= 4 is 11.0 Å². The Morgan fingerprint density at radius 2 is 1.86 bits per heavy atom. The van der Waals surface area contributed by atoms with Crippen LogP contribution in [0.15, 0.2) is 47.3 Å². The molecule has 0 bridgehead atoms. The number of rotatable bonds is 2. The molecule has 3 aromatic rings. The van der Waals surface area contributed by atoms with Crippen LogP contribution in [0.1, 0.15) is 16.7 Å². The Kier molecular flexibility index (Phi) is 3.31. The summed E-state index contributed by atoms with van der Waals surface area (Å²) in [7, 11) is 0. The lowest BCUT2D eigenvalue weighted by Crippen LogP contribution is -2.18. The first kappa shape index (κ1) is 14.4. The molecule has 0 spiro atoms. The molecule has 0 atom stereocenters. The van der Waals surface area contributed by atoms with E-state index in [1.807, 2.05) is 19.1 Å². The van der Waals surface area contributed by atoms with E-state index in [1.165, 1.54) is 10.6 Å². The molecule has 6 heteroatoms. The summed E-state index contributed by atoms with van der Waals surface area (Å²) in [4.78, 5) is 14.8. The van der Waals surface area contributed by atoms with E-state index >= 15 is 0 Å². The van der Waals surface area contributed by atoms with E-state index in [4.69, 9.17) is 0 Å². The van der Waals surface area contributed by atoms with Crippen LogP contribution in [-0.2, 0) is 12.7 Å². The number of hydrogen-bond acceptors (Lipinski definition) is 1. The number of fused-ring (bicyclic) bond motifs is 1. The molecule has 3 rings (SSSR count). The first-order valence-electron chi connectivity index (χ1n) is 6.70. The summed E-state index contributed by atoms with van der Waals surface area (Å²) in [5.74, 6) is 0. The zero-order chi connectivity index (χ0) is 15.9. The van der Waals surface area contributed by atoms with Gasteiger partial charge in [0.1, 0.15) is 0 Å². The van der Waals surface area contributed by atoms with Gasteiger partial charge in [0.25, 0.3) is 0 Å². The molecule has 1 N–H and O–H groups in total. The second kappa shape index (κ2) is 5.05. The van der Waals surface area contributed by atoms with Crippen molar-refractivity contribution in [3.63, 3.8) is 0 Å². The summed E-state index contributed by atoms with van der Waals surface area (Å²) < 4.78 is 39.8. The summed E-state index contributed by atoms with van der Waals surface area (Å²) >= 11 is 0. The quantitative estimate of drug-likeness (QED) is 0.770. The van der Waals surface area contributed by atoms with Crippen LogP contribution in [0.2, 0.25) is 0 Å². The number of alkyl halides is 3. The zero-order valence-corrected chi connectivity index (χ0v) is 11.7. The van der Waals surface area contributed by atoms with Crippen LogP contribution in [0.5, 0.6) is 0 Å². The van der Waals surface area contributed by atoms with Gasteiger partial charge in [0.05, 0.1) is 23.1 Å². The summed E-state index contributed by atoms with van der Waals surface area (Å²) in [6.07, 6.45) is -4.39. The minimum atomic E-state index is -4.39. The third kappa shape index (κ3) is 2.52. The lowest BCUT2D eigenvalue weighted by Gasteiger charge is -2.10. The first-order valence-corrected chi connectivity index (χ1v) is 6.70. The average Bonchev–Trinajstić information content (AvgIpc) is 2.76. The molecule has 0 unspecified atom stereocenters. The van der Waals surface area contributed by atoms with Crippen molar-refractivity contribution < 1.29 is 13.2 Å². The molecular weight excluding hydrogens is 293 g/mol. The SMILES string of the molecule is Cc1cccc2[nH]c(=O)n(Cc3cccc(C(F)(F)F)c3)c12. The van der Waals surface area contributed by atoms with E-state index in [-0.39, 0.29) is 12.2 Å². The molecule has 0 saturated heterocycles. The number of aromatic nitrogens is 2. The lowest BCUT2D eigenvalue weighted by molar-refractivity contribution is -0.137. The van der Waals surface area contributed by atoms with Crippen LogP contribution in [0, 0.1) is 6.92 Å². The predicted molar refractivity (Wildman–Crippen MR) is 77.8 cm³/mol. The Balaban J connectivity index is 2.08. The maximum Gasteiger partial charge on any atom is 0.416 e. The van der Waals surface area contributed by atoms with Gasteiger partial charge >= 0.3 is 11.9 Å². The molecule has 2 aromatic carbocycles. The third-order valence-electron chi connectivity index (χ3n) is 3.59. The summed E-state index contributed by atoms with van der Waals surface area (Å²) in [5.41, 5.74) is 1.67. The molecule has 0 amide bonds. The second-order valence-electron chi connectivity index (χ2n) is 5.19. The number of hydrogen-bond donors (Lipinski definition) is 1. The normalized spacial score (nSPS) is 12.0. The molecule has 0 aliphatic heterocycles. The van der Waals surface area contributed by atoms with Crippen molar-refractivity contribution in [2.45, 2.75) is 19.6 Å². The van der Waals surface area contributed by atoms with Gasteiger partial charge < -0.3 is 4.98 Å². The highest BCUT2D eigenvalue weighted by Crippen LogP contribution is 2.29. The Bertz CT molecular complexity index is 890. The summed E-state index contributed by atoms with van der Waals surface area (Å²) in [6.45, 7) is 1.95. The fourth-order valence-electron chi connectivity index (χ4n) is 2.58. The highest BCUT2D eigenvalue weighted by atomic mass is 19.4. The molecule has 3 nitrogen and oxygen atoms in total. The van der Waals surface area contributed by atoms with E-state index < -0.39 is 11.7 Å². The summed E-state index contributed by atoms with van der Waals surface area (Å²) in [6, 6.07) is 10.5. The van der Waals surface area contributed by atoms with Crippen LogP contribution < -0.4 is 5.69 Å². The van der Waals surface area contributed by atoms with Gasteiger partial charge in [-0.2, -0.15) is 13.2 Å². The van der Waals surface area contributed by atoms with Gasteiger partial charge in [-0.1, -0.05) is 24.3 Å². The molecule has 0 aliphatic rings. The number of nitrogens with one attached hydrogen (secondary N) is 1. The lowest BCUT2D eigenvalue weighted by atomic mass is 10.1. The van der Waals surface area contributed by atoms with E-state index in [2.05, 4.69) is 4.98 Å². The standard InChI is InChI=1S/C16H13F3N2O/c1-10-4-2-7-13-14(10)21(15(22)20-13)9-11-5-3-6-12(8-11)16(17,18)19/h2-8H,9H2,1H3,(H,20,22). The number of benzene rings is 2. The van der Waals surface area contributed by atoms with Crippen molar-refractivity contribution in [3.05, 3.63) is 69.6 Å². The number of H-pyrrole nitrogens is 1. The molecule has 22 heavy (non-hydrogen) atoms. The first-order chi connectivity index (χ1) is 10.4. The maximum absolute atomic E-state index is 12.8. The monoisotopic (exact) mass is 306 g/mol. The van der Waals surface area contributed by atoms with Gasteiger partial charge in [0.2, 0.25) is 0 Å². The molecule has 1 aromatic heterocycles. The molecule has 0 radical (unpaired) electrons. The zero-order valence-electron chi connectivity index (χ0n) is 11.7. The highest BCUT2D eigenvalue weighted by Gasteiger charge is 2.30. The largest absolute Gasteiger partial charge is 0.416 e. The van der Waals surface area contributed by atoms with Gasteiger partial charge in [0, 0.05) is 0 Å². The predicted octanol–water partition coefficient (Wildman–Crippen LogP) is 3.71. The second-order valence-corrected chi connectivity index (χ2v) is 5.19. The molecule has 0 saturated carbocycles. The van der Waals surface area contributed by atoms with Gasteiger partial charge in [-0.05, 0) is 36.2 Å². The number of aryl methyl sites for hydroxylation is 1. The van der Waals surface area contributed by atoms with Gasteiger partial charge in [-0.3, -0.25) is 4.57 Å². The van der Waals surface area contributed by atoms with E-state index in [9.17, 15) is 18.0 Å². The topological polar surface area (TPSA) is 37.8 Å².